The second-order valence-electron chi connectivity index (χ2n) is 11.3. The first kappa shape index (κ1) is 40.1. The van der Waals surface area contributed by atoms with Gasteiger partial charge in [-0.2, -0.15) is 0 Å². The highest BCUT2D eigenvalue weighted by molar-refractivity contribution is 5.80. The Hall–Kier alpha value is -1.95. The van der Waals surface area contributed by atoms with Gasteiger partial charge in [0.15, 0.2) is 0 Å². The van der Waals surface area contributed by atoms with Gasteiger partial charge in [-0.15, -0.1) is 0 Å². The summed E-state index contributed by atoms with van der Waals surface area (Å²) >= 11 is 0. The standard InChI is InChI=1S/C37H65NO4/c1-3-5-7-9-11-13-15-17-18-19-20-22-24-26-28-30-32-36(41)37(42)38-34(33-39)35(40)31-29-27-25-23-21-16-14-12-10-8-6-4-2/h10-13,17-18,21,23,29,31,34-36,39-41H,3-9,14-16,19-20,22,24-28,30,32-33H2,1-2H3,(H,38,42)/b12-10+,13-11-,18-17-,23-21+,31-29+. The van der Waals surface area contributed by atoms with Crippen molar-refractivity contribution in [1.29, 1.82) is 0 Å². The van der Waals surface area contributed by atoms with Gasteiger partial charge in [-0.05, 0) is 70.6 Å². The molecule has 242 valence electrons. The van der Waals surface area contributed by atoms with Crippen molar-refractivity contribution in [2.45, 2.75) is 161 Å². The van der Waals surface area contributed by atoms with Gasteiger partial charge in [0.1, 0.15) is 6.10 Å². The molecule has 0 aromatic rings. The molecule has 1 amide bonds. The zero-order valence-electron chi connectivity index (χ0n) is 27.1. The Balaban J connectivity index is 3.88. The topological polar surface area (TPSA) is 89.8 Å². The number of nitrogens with one attached hydrogen (secondary N) is 1. The predicted octanol–water partition coefficient (Wildman–Crippen LogP) is 8.81. The summed E-state index contributed by atoms with van der Waals surface area (Å²) in [5, 5.41) is 32.8. The van der Waals surface area contributed by atoms with E-state index in [9.17, 15) is 20.1 Å². The quantitative estimate of drug-likeness (QED) is 0.0520. The molecule has 4 N–H and O–H groups in total. The van der Waals surface area contributed by atoms with Crippen molar-refractivity contribution in [3.63, 3.8) is 0 Å². The fourth-order valence-corrected chi connectivity index (χ4v) is 4.52. The van der Waals surface area contributed by atoms with E-state index < -0.39 is 24.2 Å². The third-order valence-electron chi connectivity index (χ3n) is 7.31. The fourth-order valence-electron chi connectivity index (χ4n) is 4.52. The van der Waals surface area contributed by atoms with E-state index in [1.165, 1.54) is 64.2 Å². The molecule has 0 saturated heterocycles. The highest BCUT2D eigenvalue weighted by atomic mass is 16.3. The molecule has 42 heavy (non-hydrogen) atoms. The molecule has 0 aliphatic carbocycles. The molecule has 0 spiro atoms. The average molecular weight is 588 g/mol. The van der Waals surface area contributed by atoms with Crippen LogP contribution in [0.3, 0.4) is 0 Å². The second-order valence-corrected chi connectivity index (χ2v) is 11.3. The summed E-state index contributed by atoms with van der Waals surface area (Å²) in [5.41, 5.74) is 0. The van der Waals surface area contributed by atoms with Crippen LogP contribution < -0.4 is 5.32 Å². The van der Waals surface area contributed by atoms with E-state index in [4.69, 9.17) is 0 Å². The molecular weight excluding hydrogens is 522 g/mol. The average Bonchev–Trinajstić information content (AvgIpc) is 2.99. The molecule has 0 rings (SSSR count). The largest absolute Gasteiger partial charge is 0.394 e. The predicted molar refractivity (Wildman–Crippen MR) is 180 cm³/mol. The van der Waals surface area contributed by atoms with Crippen molar-refractivity contribution in [3.05, 3.63) is 60.8 Å². The molecular formula is C37H65NO4. The third kappa shape index (κ3) is 26.9. The highest BCUT2D eigenvalue weighted by Gasteiger charge is 2.22. The molecule has 0 aliphatic rings. The molecule has 0 aromatic carbocycles. The van der Waals surface area contributed by atoms with Crippen molar-refractivity contribution < 1.29 is 20.1 Å². The molecule has 0 fully saturated rings. The van der Waals surface area contributed by atoms with Crippen LogP contribution in [0.4, 0.5) is 0 Å². The van der Waals surface area contributed by atoms with Crippen LogP contribution in [0.5, 0.6) is 0 Å². The van der Waals surface area contributed by atoms with Gasteiger partial charge in [-0.3, -0.25) is 4.79 Å². The molecule has 0 saturated carbocycles. The van der Waals surface area contributed by atoms with E-state index in [-0.39, 0.29) is 6.61 Å². The Morgan fingerprint density at radius 2 is 1.07 bits per heavy atom. The van der Waals surface area contributed by atoms with Gasteiger partial charge in [0, 0.05) is 0 Å². The molecule has 3 unspecified atom stereocenters. The first-order chi connectivity index (χ1) is 20.6. The summed E-state index contributed by atoms with van der Waals surface area (Å²) in [5.74, 6) is -0.532. The number of carbonyl (C=O) groups excluding carboxylic acids is 1. The first-order valence-electron chi connectivity index (χ1n) is 17.1. The van der Waals surface area contributed by atoms with E-state index >= 15 is 0 Å². The number of aliphatic hydroxyl groups is 3. The number of hydrogen-bond acceptors (Lipinski definition) is 4. The minimum Gasteiger partial charge on any atom is -0.394 e. The number of unbranched alkanes of at least 4 members (excludes halogenated alkanes) is 13. The lowest BCUT2D eigenvalue weighted by molar-refractivity contribution is -0.131. The van der Waals surface area contributed by atoms with E-state index in [1.807, 2.05) is 6.08 Å². The molecule has 0 bridgehead atoms. The smallest absolute Gasteiger partial charge is 0.249 e. The summed E-state index contributed by atoms with van der Waals surface area (Å²) in [6.45, 7) is 4.05. The van der Waals surface area contributed by atoms with Crippen molar-refractivity contribution in [3.8, 4) is 0 Å². The van der Waals surface area contributed by atoms with Gasteiger partial charge in [0.2, 0.25) is 5.91 Å². The molecule has 0 aromatic heterocycles. The van der Waals surface area contributed by atoms with Gasteiger partial charge in [-0.1, -0.05) is 132 Å². The van der Waals surface area contributed by atoms with E-state index in [2.05, 4.69) is 67.8 Å². The third-order valence-corrected chi connectivity index (χ3v) is 7.31. The maximum atomic E-state index is 12.4. The van der Waals surface area contributed by atoms with Crippen LogP contribution in [-0.4, -0.2) is 46.1 Å². The normalized spacial score (nSPS) is 14.7. The molecule has 0 heterocycles. The van der Waals surface area contributed by atoms with Crippen LogP contribution in [-0.2, 0) is 4.79 Å². The van der Waals surface area contributed by atoms with Crippen LogP contribution in [0.2, 0.25) is 0 Å². The zero-order chi connectivity index (χ0) is 30.9. The molecule has 3 atom stereocenters. The molecule has 0 radical (unpaired) electrons. The summed E-state index contributed by atoms with van der Waals surface area (Å²) < 4.78 is 0. The number of aliphatic hydroxyl groups excluding tert-OH is 3. The van der Waals surface area contributed by atoms with Crippen LogP contribution in [0.1, 0.15) is 142 Å². The number of amides is 1. The molecule has 5 heteroatoms. The second kappa shape index (κ2) is 32.0. The Bertz CT molecular complexity index is 740. The summed E-state index contributed by atoms with van der Waals surface area (Å²) in [7, 11) is 0. The zero-order valence-corrected chi connectivity index (χ0v) is 27.1. The Morgan fingerprint density at radius 3 is 1.67 bits per heavy atom. The number of rotatable bonds is 29. The van der Waals surface area contributed by atoms with Crippen LogP contribution >= 0.6 is 0 Å². The lowest BCUT2D eigenvalue weighted by atomic mass is 10.0. The van der Waals surface area contributed by atoms with Crippen molar-refractivity contribution in [2.75, 3.05) is 6.61 Å². The van der Waals surface area contributed by atoms with Crippen molar-refractivity contribution >= 4 is 5.91 Å². The van der Waals surface area contributed by atoms with E-state index in [0.29, 0.717) is 6.42 Å². The highest BCUT2D eigenvalue weighted by Crippen LogP contribution is 2.11. The van der Waals surface area contributed by atoms with Crippen LogP contribution in [0.25, 0.3) is 0 Å². The maximum absolute atomic E-state index is 12.4. The van der Waals surface area contributed by atoms with Gasteiger partial charge in [0.05, 0.1) is 18.8 Å². The minimum absolute atomic E-state index is 0.388. The van der Waals surface area contributed by atoms with Crippen molar-refractivity contribution in [2.24, 2.45) is 0 Å². The van der Waals surface area contributed by atoms with Gasteiger partial charge >= 0.3 is 0 Å². The van der Waals surface area contributed by atoms with E-state index in [1.54, 1.807) is 6.08 Å². The van der Waals surface area contributed by atoms with Crippen LogP contribution in [0.15, 0.2) is 60.8 Å². The van der Waals surface area contributed by atoms with Gasteiger partial charge in [-0.25, -0.2) is 0 Å². The first-order valence-corrected chi connectivity index (χ1v) is 17.1. The SMILES string of the molecule is CCCC/C=C/CC/C=C/CC/C=C/C(O)C(CO)NC(=O)C(O)CCCCCCCC/C=C\C/C=C\CCCCC. The Labute approximate surface area is 259 Å². The summed E-state index contributed by atoms with van der Waals surface area (Å²) in [6.07, 6.45) is 40.8. The monoisotopic (exact) mass is 587 g/mol. The van der Waals surface area contributed by atoms with Crippen LogP contribution in [0, 0.1) is 0 Å². The lowest BCUT2D eigenvalue weighted by Gasteiger charge is -2.21. The number of hydrogen-bond donors (Lipinski definition) is 4. The number of allylic oxidation sites excluding steroid dienone is 9. The minimum atomic E-state index is -1.12. The molecule has 0 aliphatic heterocycles. The lowest BCUT2D eigenvalue weighted by Crippen LogP contribution is -2.48. The fraction of sp³-hybridized carbons (Fsp3) is 0.703. The summed E-state index contributed by atoms with van der Waals surface area (Å²) in [4.78, 5) is 12.4. The Kier molecular flexibility index (Phi) is 30.5. The van der Waals surface area contributed by atoms with Gasteiger partial charge < -0.3 is 20.6 Å². The summed E-state index contributed by atoms with van der Waals surface area (Å²) in [6, 6.07) is -0.825. The number of carbonyl (C=O) groups is 1. The Morgan fingerprint density at radius 1 is 0.595 bits per heavy atom. The van der Waals surface area contributed by atoms with E-state index in [0.717, 1.165) is 57.8 Å². The maximum Gasteiger partial charge on any atom is 0.249 e. The van der Waals surface area contributed by atoms with Gasteiger partial charge in [0.25, 0.3) is 0 Å². The molecule has 5 nitrogen and oxygen atoms in total. The van der Waals surface area contributed by atoms with Crippen molar-refractivity contribution in [1.82, 2.24) is 5.32 Å².